The van der Waals surface area contributed by atoms with Crippen LogP contribution >= 0.6 is 0 Å². The van der Waals surface area contributed by atoms with Crippen molar-refractivity contribution < 1.29 is 33.8 Å². The van der Waals surface area contributed by atoms with Gasteiger partial charge >= 0.3 is 12.1 Å². The van der Waals surface area contributed by atoms with Crippen LogP contribution < -0.4 is 10.6 Å². The standard InChI is InChI=1S/C35H51N3O7/c1-10-24-16-18-26(19-17-24)29(38(20-21-39)31(41)28(23(2)3)37-33(43)45-35(7,8)9)30(40)36-27(32(42)44-34(4,5)6)22-25-14-12-11-13-15-25/h11-19,23,27-29,39H,10,20-22H2,1-9H3,(H,36,40)(H,37,43). The molecule has 45 heavy (non-hydrogen) atoms. The van der Waals surface area contributed by atoms with Crippen LogP contribution in [0.3, 0.4) is 0 Å². The number of esters is 1. The van der Waals surface area contributed by atoms with Crippen molar-refractivity contribution in [2.75, 3.05) is 13.2 Å². The van der Waals surface area contributed by atoms with Crippen molar-refractivity contribution in [3.63, 3.8) is 0 Å². The molecule has 0 radical (unpaired) electrons. The van der Waals surface area contributed by atoms with Crippen LogP contribution in [-0.4, -0.2) is 70.3 Å². The molecule has 3 atom stereocenters. The molecule has 0 aromatic heterocycles. The molecule has 2 rings (SSSR count). The molecule has 0 aliphatic rings. The number of alkyl carbamates (subject to hydrolysis) is 1. The molecule has 248 valence electrons. The summed E-state index contributed by atoms with van der Waals surface area (Å²) < 4.78 is 11.1. The van der Waals surface area contributed by atoms with Gasteiger partial charge in [-0.25, -0.2) is 9.59 Å². The van der Waals surface area contributed by atoms with Crippen LogP contribution in [0.2, 0.25) is 0 Å². The van der Waals surface area contributed by atoms with Gasteiger partial charge in [0.2, 0.25) is 11.8 Å². The van der Waals surface area contributed by atoms with E-state index in [1.54, 1.807) is 67.5 Å². The molecule has 0 bridgehead atoms. The lowest BCUT2D eigenvalue weighted by atomic mass is 9.97. The second kappa shape index (κ2) is 16.4. The molecule has 0 aliphatic carbocycles. The van der Waals surface area contributed by atoms with Crippen LogP contribution in [0.25, 0.3) is 0 Å². The van der Waals surface area contributed by atoms with E-state index in [0.717, 1.165) is 17.5 Å². The fourth-order valence-electron chi connectivity index (χ4n) is 4.68. The van der Waals surface area contributed by atoms with E-state index >= 15 is 0 Å². The van der Waals surface area contributed by atoms with Crippen LogP contribution in [0.15, 0.2) is 54.6 Å². The first-order chi connectivity index (χ1) is 21.0. The summed E-state index contributed by atoms with van der Waals surface area (Å²) in [7, 11) is 0. The van der Waals surface area contributed by atoms with Gasteiger partial charge in [-0.15, -0.1) is 0 Å². The number of aryl methyl sites for hydroxylation is 1. The van der Waals surface area contributed by atoms with Crippen molar-refractivity contribution in [1.29, 1.82) is 0 Å². The molecule has 3 amide bonds. The molecule has 0 saturated carbocycles. The average molecular weight is 626 g/mol. The Labute approximate surface area is 267 Å². The van der Waals surface area contributed by atoms with Crippen molar-refractivity contribution in [1.82, 2.24) is 15.5 Å². The van der Waals surface area contributed by atoms with Gasteiger partial charge in [0.15, 0.2) is 0 Å². The predicted octanol–water partition coefficient (Wildman–Crippen LogP) is 4.73. The first-order valence-corrected chi connectivity index (χ1v) is 15.5. The molecule has 3 unspecified atom stereocenters. The lowest BCUT2D eigenvalue weighted by Gasteiger charge is -2.36. The van der Waals surface area contributed by atoms with Gasteiger partial charge in [0, 0.05) is 13.0 Å². The summed E-state index contributed by atoms with van der Waals surface area (Å²) in [5, 5.41) is 15.6. The van der Waals surface area contributed by atoms with Crippen LogP contribution in [0.1, 0.15) is 85.0 Å². The van der Waals surface area contributed by atoms with Gasteiger partial charge in [-0.2, -0.15) is 0 Å². The highest BCUT2D eigenvalue weighted by molar-refractivity contribution is 5.94. The number of rotatable bonds is 13. The molecule has 0 fully saturated rings. The zero-order valence-electron chi connectivity index (χ0n) is 28.2. The first kappa shape index (κ1) is 37.3. The largest absolute Gasteiger partial charge is 0.458 e. The molecular formula is C35H51N3O7. The van der Waals surface area contributed by atoms with Crippen LogP contribution in [-0.2, 0) is 36.7 Å². The summed E-state index contributed by atoms with van der Waals surface area (Å²) in [6.45, 7) is 15.3. The highest BCUT2D eigenvalue weighted by Crippen LogP contribution is 2.25. The highest BCUT2D eigenvalue weighted by atomic mass is 16.6. The van der Waals surface area contributed by atoms with Gasteiger partial charge in [0.05, 0.1) is 6.61 Å². The van der Waals surface area contributed by atoms with Crippen LogP contribution in [0.5, 0.6) is 0 Å². The molecule has 3 N–H and O–H groups in total. The maximum Gasteiger partial charge on any atom is 0.408 e. The minimum absolute atomic E-state index is 0.158. The fourth-order valence-corrected chi connectivity index (χ4v) is 4.68. The zero-order valence-corrected chi connectivity index (χ0v) is 28.2. The SMILES string of the molecule is CCc1ccc(C(C(=O)NC(Cc2ccccc2)C(=O)OC(C)(C)C)N(CCO)C(=O)C(NC(=O)OC(C)(C)C)C(C)C)cc1. The van der Waals surface area contributed by atoms with Gasteiger partial charge in [0.1, 0.15) is 29.3 Å². The number of carbonyl (C=O) groups excluding carboxylic acids is 4. The zero-order chi connectivity index (χ0) is 33.9. The van der Waals surface area contributed by atoms with Crippen molar-refractivity contribution in [2.24, 2.45) is 5.92 Å². The minimum Gasteiger partial charge on any atom is -0.458 e. The Bertz CT molecular complexity index is 1260. The third-order valence-electron chi connectivity index (χ3n) is 6.78. The number of aliphatic hydroxyl groups excluding tert-OH is 1. The molecule has 0 saturated heterocycles. The van der Waals surface area contributed by atoms with Gasteiger partial charge in [0.25, 0.3) is 0 Å². The summed E-state index contributed by atoms with van der Waals surface area (Å²) in [4.78, 5) is 55.8. The second-order valence-corrected chi connectivity index (χ2v) is 13.4. The average Bonchev–Trinajstić information content (AvgIpc) is 2.94. The molecule has 0 heterocycles. The van der Waals surface area contributed by atoms with Crippen LogP contribution in [0, 0.1) is 5.92 Å². The number of nitrogens with zero attached hydrogens (tertiary/aromatic N) is 1. The Balaban J connectivity index is 2.57. The van der Waals surface area contributed by atoms with Crippen molar-refractivity contribution in [2.45, 2.75) is 104 Å². The molecule has 0 spiro atoms. The van der Waals surface area contributed by atoms with Crippen LogP contribution in [0.4, 0.5) is 4.79 Å². The Morgan fingerprint density at radius 3 is 1.89 bits per heavy atom. The minimum atomic E-state index is -1.24. The molecule has 0 aliphatic heterocycles. The number of carbonyl (C=O) groups is 4. The van der Waals surface area contributed by atoms with Gasteiger partial charge < -0.3 is 30.1 Å². The molecule has 10 heteroatoms. The summed E-state index contributed by atoms with van der Waals surface area (Å²) >= 11 is 0. The van der Waals surface area contributed by atoms with E-state index in [1.165, 1.54) is 4.90 Å². The Kier molecular flexibility index (Phi) is 13.6. The van der Waals surface area contributed by atoms with Crippen molar-refractivity contribution in [3.8, 4) is 0 Å². The van der Waals surface area contributed by atoms with E-state index in [9.17, 15) is 24.3 Å². The number of hydrogen-bond donors (Lipinski definition) is 3. The quantitative estimate of drug-likeness (QED) is 0.274. The number of nitrogens with one attached hydrogen (secondary N) is 2. The fraction of sp³-hybridized carbons (Fsp3) is 0.543. The second-order valence-electron chi connectivity index (χ2n) is 13.4. The summed E-state index contributed by atoms with van der Waals surface area (Å²) in [6, 6.07) is 13.1. The van der Waals surface area contributed by atoms with Crippen molar-refractivity contribution >= 4 is 23.9 Å². The molecule has 10 nitrogen and oxygen atoms in total. The van der Waals surface area contributed by atoms with E-state index < -0.39 is 59.8 Å². The van der Waals surface area contributed by atoms with E-state index in [0.29, 0.717) is 5.56 Å². The normalized spacial score (nSPS) is 13.8. The molecule has 2 aromatic carbocycles. The predicted molar refractivity (Wildman–Crippen MR) is 173 cm³/mol. The Hall–Kier alpha value is -3.92. The number of aliphatic hydroxyl groups is 1. The van der Waals surface area contributed by atoms with E-state index in [2.05, 4.69) is 10.6 Å². The topological polar surface area (TPSA) is 134 Å². The summed E-state index contributed by atoms with van der Waals surface area (Å²) in [5.74, 6) is -2.22. The first-order valence-electron chi connectivity index (χ1n) is 15.5. The number of hydrogen-bond acceptors (Lipinski definition) is 7. The lowest BCUT2D eigenvalue weighted by Crippen LogP contribution is -2.56. The maximum atomic E-state index is 14.3. The number of benzene rings is 2. The van der Waals surface area contributed by atoms with E-state index in [-0.39, 0.29) is 18.9 Å². The molecular weight excluding hydrogens is 574 g/mol. The van der Waals surface area contributed by atoms with E-state index in [4.69, 9.17) is 9.47 Å². The Morgan fingerprint density at radius 2 is 1.40 bits per heavy atom. The monoisotopic (exact) mass is 625 g/mol. The third-order valence-corrected chi connectivity index (χ3v) is 6.78. The highest BCUT2D eigenvalue weighted by Gasteiger charge is 2.39. The van der Waals surface area contributed by atoms with Gasteiger partial charge in [-0.1, -0.05) is 75.4 Å². The third kappa shape index (κ3) is 12.2. The lowest BCUT2D eigenvalue weighted by molar-refractivity contribution is -0.159. The number of amides is 3. The van der Waals surface area contributed by atoms with E-state index in [1.807, 2.05) is 49.4 Å². The van der Waals surface area contributed by atoms with Gasteiger partial charge in [-0.3, -0.25) is 9.59 Å². The molecule has 2 aromatic rings. The Morgan fingerprint density at radius 1 is 0.822 bits per heavy atom. The van der Waals surface area contributed by atoms with Crippen molar-refractivity contribution in [3.05, 3.63) is 71.3 Å². The number of ether oxygens (including phenoxy) is 2. The van der Waals surface area contributed by atoms with Gasteiger partial charge in [-0.05, 0) is 70.6 Å². The maximum absolute atomic E-state index is 14.3. The summed E-state index contributed by atoms with van der Waals surface area (Å²) in [6.07, 6.45) is 0.148. The summed E-state index contributed by atoms with van der Waals surface area (Å²) in [5.41, 5.74) is 0.720. The smallest absolute Gasteiger partial charge is 0.408 e.